The molecular formula is C12H17N5. The molecule has 17 heavy (non-hydrogen) atoms. The molecule has 1 saturated heterocycles. The minimum atomic E-state index is -0.00450. The largest absolute Gasteiger partial charge is 0.384 e. The Balaban J connectivity index is 2.11. The van der Waals surface area contributed by atoms with Crippen LogP contribution in [0.1, 0.15) is 32.0 Å². The maximum atomic E-state index is 5.67. The summed E-state index contributed by atoms with van der Waals surface area (Å²) in [6.45, 7) is 3.24. The minimum absolute atomic E-state index is 0.00450. The van der Waals surface area contributed by atoms with Gasteiger partial charge in [0.25, 0.3) is 0 Å². The summed E-state index contributed by atoms with van der Waals surface area (Å²) in [4.78, 5) is 12.2. The zero-order valence-electron chi connectivity index (χ0n) is 9.95. The molecule has 3 rings (SSSR count). The molecule has 0 radical (unpaired) electrons. The Morgan fingerprint density at radius 1 is 1.41 bits per heavy atom. The van der Waals surface area contributed by atoms with Crippen molar-refractivity contribution < 1.29 is 0 Å². The highest BCUT2D eigenvalue weighted by atomic mass is 15.1. The maximum absolute atomic E-state index is 5.67. The van der Waals surface area contributed by atoms with Crippen LogP contribution in [0.4, 0.5) is 5.82 Å². The summed E-state index contributed by atoms with van der Waals surface area (Å²) in [5.41, 5.74) is 7.33. The number of pyridine rings is 1. The van der Waals surface area contributed by atoms with E-state index < -0.39 is 0 Å². The number of anilines is 1. The lowest BCUT2D eigenvalue weighted by Gasteiger charge is -2.25. The maximum Gasteiger partial charge on any atom is 0.179 e. The van der Waals surface area contributed by atoms with Gasteiger partial charge in [0, 0.05) is 0 Å². The number of nitrogen functional groups attached to an aromatic ring is 1. The quantitative estimate of drug-likeness (QED) is 0.732. The molecule has 0 bridgehead atoms. The van der Waals surface area contributed by atoms with Gasteiger partial charge in [-0.05, 0) is 37.9 Å². The first-order valence-corrected chi connectivity index (χ1v) is 6.11. The number of nitrogens with two attached hydrogens (primary N) is 1. The first-order valence-electron chi connectivity index (χ1n) is 6.11. The van der Waals surface area contributed by atoms with Crippen molar-refractivity contribution in [2.75, 3.05) is 12.3 Å². The van der Waals surface area contributed by atoms with Crippen LogP contribution >= 0.6 is 0 Å². The molecule has 4 N–H and O–H groups in total. The van der Waals surface area contributed by atoms with E-state index >= 15 is 0 Å². The van der Waals surface area contributed by atoms with Crippen molar-refractivity contribution in [3.8, 4) is 0 Å². The van der Waals surface area contributed by atoms with Gasteiger partial charge >= 0.3 is 0 Å². The molecule has 3 heterocycles. The van der Waals surface area contributed by atoms with Gasteiger partial charge in [0.2, 0.25) is 0 Å². The second kappa shape index (κ2) is 3.70. The predicted octanol–water partition coefficient (Wildman–Crippen LogP) is 1.53. The summed E-state index contributed by atoms with van der Waals surface area (Å²) >= 11 is 0. The van der Waals surface area contributed by atoms with Gasteiger partial charge < -0.3 is 16.0 Å². The van der Waals surface area contributed by atoms with Crippen molar-refractivity contribution in [1.82, 2.24) is 20.3 Å². The molecule has 1 aliphatic rings. The van der Waals surface area contributed by atoms with Crippen LogP contribution in [0, 0.1) is 0 Å². The fraction of sp³-hybridized carbons (Fsp3) is 0.500. The van der Waals surface area contributed by atoms with Crippen LogP contribution in [0.5, 0.6) is 0 Å². The molecular weight excluding hydrogens is 214 g/mol. The molecule has 2 aromatic heterocycles. The number of aromatic amines is 1. The molecule has 1 aliphatic heterocycles. The predicted molar refractivity (Wildman–Crippen MR) is 67.5 cm³/mol. The molecule has 0 aromatic carbocycles. The standard InChI is InChI=1S/C12H17N5/c1-2-12(6-3-7-14-12)11-15-8-4-5-9(13)16-10(8)17-11/h4-5,14H,2-3,6-7H2,1H3,(H3,13,15,16,17). The number of aromatic nitrogens is 3. The third-order valence-electron chi connectivity index (χ3n) is 3.67. The van der Waals surface area contributed by atoms with Crippen molar-refractivity contribution in [2.45, 2.75) is 31.7 Å². The van der Waals surface area contributed by atoms with E-state index in [-0.39, 0.29) is 5.54 Å². The monoisotopic (exact) mass is 231 g/mol. The van der Waals surface area contributed by atoms with Gasteiger partial charge in [0.1, 0.15) is 11.6 Å². The molecule has 90 valence electrons. The van der Waals surface area contributed by atoms with Crippen LogP contribution in [-0.4, -0.2) is 21.5 Å². The summed E-state index contributed by atoms with van der Waals surface area (Å²) in [6, 6.07) is 3.73. The highest BCUT2D eigenvalue weighted by Crippen LogP contribution is 2.32. The number of rotatable bonds is 2. The number of hydrogen-bond acceptors (Lipinski definition) is 4. The normalized spacial score (nSPS) is 24.5. The van der Waals surface area contributed by atoms with Gasteiger partial charge in [-0.25, -0.2) is 9.97 Å². The number of imidazole rings is 1. The summed E-state index contributed by atoms with van der Waals surface area (Å²) in [5.74, 6) is 1.51. The van der Waals surface area contributed by atoms with E-state index in [1.807, 2.05) is 6.07 Å². The Labute approximate surface area is 99.8 Å². The van der Waals surface area contributed by atoms with Crippen LogP contribution in [0.3, 0.4) is 0 Å². The van der Waals surface area contributed by atoms with Gasteiger partial charge in [0.15, 0.2) is 5.65 Å². The van der Waals surface area contributed by atoms with E-state index in [2.05, 4.69) is 27.2 Å². The van der Waals surface area contributed by atoms with Crippen molar-refractivity contribution in [2.24, 2.45) is 0 Å². The smallest absolute Gasteiger partial charge is 0.179 e. The van der Waals surface area contributed by atoms with Gasteiger partial charge in [-0.2, -0.15) is 0 Å². The molecule has 5 nitrogen and oxygen atoms in total. The number of H-pyrrole nitrogens is 1. The second-order valence-corrected chi connectivity index (χ2v) is 4.66. The highest BCUT2D eigenvalue weighted by molar-refractivity contribution is 5.72. The Bertz CT molecular complexity index is 539. The number of nitrogens with zero attached hydrogens (tertiary/aromatic N) is 2. The van der Waals surface area contributed by atoms with Crippen LogP contribution < -0.4 is 11.1 Å². The number of nitrogens with one attached hydrogen (secondary N) is 2. The Hall–Kier alpha value is -1.62. The highest BCUT2D eigenvalue weighted by Gasteiger charge is 2.36. The lowest BCUT2D eigenvalue weighted by Crippen LogP contribution is -2.37. The van der Waals surface area contributed by atoms with E-state index in [0.717, 1.165) is 30.7 Å². The summed E-state index contributed by atoms with van der Waals surface area (Å²) in [6.07, 6.45) is 3.35. The fourth-order valence-electron chi connectivity index (χ4n) is 2.61. The lowest BCUT2D eigenvalue weighted by atomic mass is 9.93. The SMILES string of the molecule is CCC1(c2nc3nc(N)ccc3[nH]2)CCCN1. The van der Waals surface area contributed by atoms with Crippen LogP contribution in [0.2, 0.25) is 0 Å². The summed E-state index contributed by atoms with van der Waals surface area (Å²) < 4.78 is 0. The van der Waals surface area contributed by atoms with Gasteiger partial charge in [0.05, 0.1) is 11.1 Å². The molecule has 1 unspecified atom stereocenters. The average Bonchev–Trinajstić information content (AvgIpc) is 2.94. The molecule has 1 fully saturated rings. The number of fused-ring (bicyclic) bond motifs is 1. The molecule has 1 atom stereocenters. The van der Waals surface area contributed by atoms with Gasteiger partial charge in [-0.15, -0.1) is 0 Å². The van der Waals surface area contributed by atoms with Crippen LogP contribution in [-0.2, 0) is 5.54 Å². The van der Waals surface area contributed by atoms with Crippen molar-refractivity contribution >= 4 is 17.0 Å². The Morgan fingerprint density at radius 3 is 3.00 bits per heavy atom. The van der Waals surface area contributed by atoms with Crippen molar-refractivity contribution in [1.29, 1.82) is 0 Å². The van der Waals surface area contributed by atoms with Crippen molar-refractivity contribution in [3.63, 3.8) is 0 Å². The molecule has 2 aromatic rings. The molecule has 0 amide bonds. The minimum Gasteiger partial charge on any atom is -0.384 e. The Kier molecular flexibility index (Phi) is 2.29. The summed E-state index contributed by atoms with van der Waals surface area (Å²) in [7, 11) is 0. The fourth-order valence-corrected chi connectivity index (χ4v) is 2.61. The molecule has 0 spiro atoms. The van der Waals surface area contributed by atoms with Gasteiger partial charge in [-0.3, -0.25) is 0 Å². The molecule has 5 heteroatoms. The van der Waals surface area contributed by atoms with E-state index in [0.29, 0.717) is 11.5 Å². The molecule has 0 aliphatic carbocycles. The Morgan fingerprint density at radius 2 is 2.29 bits per heavy atom. The zero-order chi connectivity index (χ0) is 11.9. The third-order valence-corrected chi connectivity index (χ3v) is 3.67. The van der Waals surface area contributed by atoms with Crippen LogP contribution in [0.15, 0.2) is 12.1 Å². The lowest BCUT2D eigenvalue weighted by molar-refractivity contribution is 0.356. The third kappa shape index (κ3) is 1.58. The second-order valence-electron chi connectivity index (χ2n) is 4.66. The summed E-state index contributed by atoms with van der Waals surface area (Å²) in [5, 5.41) is 3.56. The van der Waals surface area contributed by atoms with Crippen LogP contribution in [0.25, 0.3) is 11.2 Å². The van der Waals surface area contributed by atoms with E-state index in [4.69, 9.17) is 5.73 Å². The zero-order valence-corrected chi connectivity index (χ0v) is 9.95. The van der Waals surface area contributed by atoms with Gasteiger partial charge in [-0.1, -0.05) is 6.92 Å². The first kappa shape index (κ1) is 10.5. The first-order chi connectivity index (χ1) is 8.23. The van der Waals surface area contributed by atoms with E-state index in [9.17, 15) is 0 Å². The number of hydrogen-bond donors (Lipinski definition) is 3. The topological polar surface area (TPSA) is 79.6 Å². The van der Waals surface area contributed by atoms with Crippen molar-refractivity contribution in [3.05, 3.63) is 18.0 Å². The van der Waals surface area contributed by atoms with E-state index in [1.165, 1.54) is 6.42 Å². The van der Waals surface area contributed by atoms with E-state index in [1.54, 1.807) is 6.07 Å². The average molecular weight is 231 g/mol. The molecule has 0 saturated carbocycles.